The standard InChI is InChI=1S/C12H22F4/c1-9(2,3)7-11(13,14)12(15,16)8-10(4,5)6/h7-8H2,1-6H3. The van der Waals surface area contributed by atoms with Crippen molar-refractivity contribution in [3.8, 4) is 0 Å². The van der Waals surface area contributed by atoms with Gasteiger partial charge in [0.25, 0.3) is 0 Å². The van der Waals surface area contributed by atoms with E-state index in [-0.39, 0.29) is 0 Å². The van der Waals surface area contributed by atoms with E-state index in [0.717, 1.165) is 0 Å². The van der Waals surface area contributed by atoms with Crippen LogP contribution in [0.3, 0.4) is 0 Å². The highest BCUT2D eigenvalue weighted by atomic mass is 19.3. The van der Waals surface area contributed by atoms with E-state index in [1.54, 1.807) is 0 Å². The largest absolute Gasteiger partial charge is 0.310 e. The number of hydrogen-bond acceptors (Lipinski definition) is 0. The van der Waals surface area contributed by atoms with Gasteiger partial charge in [0, 0.05) is 12.8 Å². The van der Waals surface area contributed by atoms with Crippen LogP contribution < -0.4 is 0 Å². The van der Waals surface area contributed by atoms with Gasteiger partial charge in [0.2, 0.25) is 0 Å². The van der Waals surface area contributed by atoms with Gasteiger partial charge in [-0.15, -0.1) is 0 Å². The van der Waals surface area contributed by atoms with E-state index in [0.29, 0.717) is 0 Å². The normalized spacial score (nSPS) is 15.4. The van der Waals surface area contributed by atoms with Crippen molar-refractivity contribution in [1.82, 2.24) is 0 Å². The van der Waals surface area contributed by atoms with Crippen molar-refractivity contribution >= 4 is 0 Å². The van der Waals surface area contributed by atoms with E-state index in [4.69, 9.17) is 0 Å². The van der Waals surface area contributed by atoms with Crippen molar-refractivity contribution in [2.75, 3.05) is 0 Å². The van der Waals surface area contributed by atoms with Crippen LogP contribution >= 0.6 is 0 Å². The zero-order valence-electron chi connectivity index (χ0n) is 10.9. The molecule has 0 rings (SSSR count). The lowest BCUT2D eigenvalue weighted by Gasteiger charge is -2.35. The number of halogens is 4. The molecule has 0 aromatic carbocycles. The second-order valence-corrected chi connectivity index (χ2v) is 6.88. The third-order valence-corrected chi connectivity index (χ3v) is 2.04. The highest BCUT2D eigenvalue weighted by Gasteiger charge is 2.58. The molecule has 0 bridgehead atoms. The van der Waals surface area contributed by atoms with Crippen LogP contribution in [0.2, 0.25) is 0 Å². The molecule has 0 aromatic rings. The molecule has 0 aromatic heterocycles. The molecule has 0 heterocycles. The van der Waals surface area contributed by atoms with Crippen molar-refractivity contribution in [3.05, 3.63) is 0 Å². The van der Waals surface area contributed by atoms with Gasteiger partial charge in [-0.3, -0.25) is 0 Å². The van der Waals surface area contributed by atoms with Crippen LogP contribution in [0.25, 0.3) is 0 Å². The van der Waals surface area contributed by atoms with E-state index in [1.807, 2.05) is 0 Å². The van der Waals surface area contributed by atoms with Crippen LogP contribution in [-0.4, -0.2) is 11.8 Å². The molecule has 0 saturated heterocycles. The topological polar surface area (TPSA) is 0 Å². The first kappa shape index (κ1) is 15.7. The van der Waals surface area contributed by atoms with Crippen molar-refractivity contribution in [1.29, 1.82) is 0 Å². The Morgan fingerprint density at radius 3 is 0.875 bits per heavy atom. The summed E-state index contributed by atoms with van der Waals surface area (Å²) in [6.45, 7) is 9.21. The molecule has 0 unspecified atom stereocenters. The lowest BCUT2D eigenvalue weighted by atomic mass is 9.81. The second-order valence-electron chi connectivity index (χ2n) is 6.88. The molecule has 4 heteroatoms. The smallest absolute Gasteiger partial charge is 0.200 e. The minimum absolute atomic E-state index is 0.802. The van der Waals surface area contributed by atoms with Crippen molar-refractivity contribution in [3.63, 3.8) is 0 Å². The summed E-state index contributed by atoms with van der Waals surface area (Å²) in [5, 5.41) is 0. The van der Waals surface area contributed by atoms with E-state index in [1.165, 1.54) is 41.5 Å². The van der Waals surface area contributed by atoms with E-state index in [9.17, 15) is 17.6 Å². The van der Waals surface area contributed by atoms with Crippen LogP contribution in [0.1, 0.15) is 54.4 Å². The average molecular weight is 242 g/mol. The average Bonchev–Trinajstić information content (AvgIpc) is 1.72. The van der Waals surface area contributed by atoms with Crippen molar-refractivity contribution < 1.29 is 17.6 Å². The lowest BCUT2D eigenvalue weighted by Crippen LogP contribution is -2.45. The second kappa shape index (κ2) is 4.19. The van der Waals surface area contributed by atoms with Crippen LogP contribution in [-0.2, 0) is 0 Å². The van der Waals surface area contributed by atoms with Crippen molar-refractivity contribution in [2.45, 2.75) is 66.2 Å². The highest BCUT2D eigenvalue weighted by Crippen LogP contribution is 2.47. The Hall–Kier alpha value is -0.280. The molecule has 0 atom stereocenters. The molecule has 0 spiro atoms. The summed E-state index contributed by atoms with van der Waals surface area (Å²) in [5.74, 6) is -7.89. The maximum absolute atomic E-state index is 13.5. The van der Waals surface area contributed by atoms with Crippen molar-refractivity contribution in [2.24, 2.45) is 10.8 Å². The van der Waals surface area contributed by atoms with E-state index >= 15 is 0 Å². The first-order chi connectivity index (χ1) is 6.66. The van der Waals surface area contributed by atoms with Gasteiger partial charge in [0.1, 0.15) is 0 Å². The Kier molecular flexibility index (Phi) is 4.12. The summed E-state index contributed by atoms with van der Waals surface area (Å²) in [4.78, 5) is 0. The molecule has 0 aliphatic carbocycles. The highest BCUT2D eigenvalue weighted by molar-refractivity contribution is 4.90. The summed E-state index contributed by atoms with van der Waals surface area (Å²) < 4.78 is 53.9. The molecule has 0 aliphatic rings. The maximum Gasteiger partial charge on any atom is 0.310 e. The molecule has 16 heavy (non-hydrogen) atoms. The van der Waals surface area contributed by atoms with Crippen LogP contribution in [0, 0.1) is 10.8 Å². The fourth-order valence-electron chi connectivity index (χ4n) is 1.59. The molecule has 0 amide bonds. The van der Waals surface area contributed by atoms with Gasteiger partial charge in [-0.2, -0.15) is 17.6 Å². The summed E-state index contributed by atoms with van der Waals surface area (Å²) in [6.07, 6.45) is -1.60. The van der Waals surface area contributed by atoms with Gasteiger partial charge < -0.3 is 0 Å². The molecule has 0 radical (unpaired) electrons. The summed E-state index contributed by atoms with van der Waals surface area (Å²) >= 11 is 0. The Balaban J connectivity index is 4.85. The zero-order chi connectivity index (χ0) is 13.4. The van der Waals surface area contributed by atoms with Crippen LogP contribution in [0.15, 0.2) is 0 Å². The molecular weight excluding hydrogens is 220 g/mol. The Labute approximate surface area is 95.4 Å². The third kappa shape index (κ3) is 5.17. The van der Waals surface area contributed by atoms with Gasteiger partial charge >= 0.3 is 11.8 Å². The maximum atomic E-state index is 13.5. The molecule has 0 nitrogen and oxygen atoms in total. The molecule has 0 N–H and O–H groups in total. The third-order valence-electron chi connectivity index (χ3n) is 2.04. The fourth-order valence-corrected chi connectivity index (χ4v) is 1.59. The molecule has 0 fully saturated rings. The molecular formula is C12H22F4. The minimum Gasteiger partial charge on any atom is -0.200 e. The first-order valence-corrected chi connectivity index (χ1v) is 5.42. The van der Waals surface area contributed by atoms with Gasteiger partial charge in [0.15, 0.2) is 0 Å². The molecule has 98 valence electrons. The predicted octanol–water partition coefficient (Wildman–Crippen LogP) is 5.13. The van der Waals surface area contributed by atoms with Gasteiger partial charge in [-0.1, -0.05) is 41.5 Å². The Morgan fingerprint density at radius 2 is 0.750 bits per heavy atom. The van der Waals surface area contributed by atoms with E-state index in [2.05, 4.69) is 0 Å². The number of alkyl halides is 4. The zero-order valence-corrected chi connectivity index (χ0v) is 10.9. The SMILES string of the molecule is CC(C)(C)CC(F)(F)C(F)(F)CC(C)(C)C. The monoisotopic (exact) mass is 242 g/mol. The Morgan fingerprint density at radius 1 is 0.562 bits per heavy atom. The number of rotatable bonds is 3. The predicted molar refractivity (Wildman–Crippen MR) is 58.0 cm³/mol. The van der Waals surface area contributed by atoms with Crippen LogP contribution in [0.5, 0.6) is 0 Å². The summed E-state index contributed by atoms with van der Waals surface area (Å²) in [6, 6.07) is 0. The molecule has 0 aliphatic heterocycles. The first-order valence-electron chi connectivity index (χ1n) is 5.42. The van der Waals surface area contributed by atoms with Gasteiger partial charge in [-0.05, 0) is 10.8 Å². The minimum atomic E-state index is -3.95. The van der Waals surface area contributed by atoms with E-state index < -0.39 is 35.5 Å². The number of hydrogen-bond donors (Lipinski definition) is 0. The Bertz CT molecular complexity index is 204. The molecule has 0 saturated carbocycles. The van der Waals surface area contributed by atoms with Gasteiger partial charge in [-0.25, -0.2) is 0 Å². The summed E-state index contributed by atoms with van der Waals surface area (Å²) in [7, 11) is 0. The quantitative estimate of drug-likeness (QED) is 0.602. The lowest BCUT2D eigenvalue weighted by molar-refractivity contribution is -0.233. The van der Waals surface area contributed by atoms with Gasteiger partial charge in [0.05, 0.1) is 0 Å². The summed E-state index contributed by atoms with van der Waals surface area (Å²) in [5.41, 5.74) is -1.63. The fraction of sp³-hybridized carbons (Fsp3) is 1.00. The van der Waals surface area contributed by atoms with Crippen LogP contribution in [0.4, 0.5) is 17.6 Å².